The first-order valence-corrected chi connectivity index (χ1v) is 5.74. The molecule has 0 aliphatic carbocycles. The monoisotopic (exact) mass is 265 g/mol. The van der Waals surface area contributed by atoms with E-state index in [0.29, 0.717) is 15.4 Å². The lowest BCUT2D eigenvalue weighted by Crippen LogP contribution is -1.99. The van der Waals surface area contributed by atoms with E-state index in [1.165, 1.54) is 6.21 Å². The Labute approximate surface area is 109 Å². The van der Waals surface area contributed by atoms with Crippen LogP contribution in [-0.2, 0) is 0 Å². The van der Waals surface area contributed by atoms with E-state index >= 15 is 0 Å². The maximum Gasteiger partial charge on any atom is 0.236 e. The predicted molar refractivity (Wildman–Crippen MR) is 71.4 cm³/mol. The van der Waals surface area contributed by atoms with Crippen molar-refractivity contribution >= 4 is 35.1 Å². The lowest BCUT2D eigenvalue weighted by molar-refractivity contribution is -0.354. The van der Waals surface area contributed by atoms with Gasteiger partial charge in [0.1, 0.15) is 5.02 Å². The van der Waals surface area contributed by atoms with Crippen molar-refractivity contribution in [2.45, 2.75) is 0 Å². The second kappa shape index (κ2) is 5.21. The Morgan fingerprint density at radius 1 is 0.941 bits per heavy atom. The van der Waals surface area contributed by atoms with Crippen LogP contribution in [0, 0.1) is 5.21 Å². The molecule has 2 nitrogen and oxygen atoms in total. The van der Waals surface area contributed by atoms with Crippen molar-refractivity contribution in [1.82, 2.24) is 0 Å². The number of rotatable bonds is 2. The van der Waals surface area contributed by atoms with Gasteiger partial charge in [-0.3, -0.25) is 0 Å². The van der Waals surface area contributed by atoms with Gasteiger partial charge in [-0.25, -0.2) is 0 Å². The molecule has 0 saturated carbocycles. The largest absolute Gasteiger partial charge is 0.618 e. The average molecular weight is 266 g/mol. The Morgan fingerprint density at radius 3 is 2.35 bits per heavy atom. The number of halogens is 2. The van der Waals surface area contributed by atoms with Gasteiger partial charge in [0.15, 0.2) is 6.21 Å². The lowest BCUT2D eigenvalue weighted by atomic mass is 10.2. The van der Waals surface area contributed by atoms with Crippen molar-refractivity contribution < 1.29 is 4.74 Å². The van der Waals surface area contributed by atoms with Crippen molar-refractivity contribution in [1.29, 1.82) is 0 Å². The third-order valence-corrected chi connectivity index (χ3v) is 3.04. The summed E-state index contributed by atoms with van der Waals surface area (Å²) in [5.41, 5.74) is 1.14. The second-order valence-electron chi connectivity index (χ2n) is 3.44. The zero-order valence-corrected chi connectivity index (χ0v) is 10.3. The molecular weight excluding hydrogens is 257 g/mol. The molecule has 86 valence electrons. The Kier molecular flexibility index (Phi) is 3.67. The fourth-order valence-corrected chi connectivity index (χ4v) is 1.79. The van der Waals surface area contributed by atoms with E-state index in [9.17, 15) is 5.21 Å². The molecular formula is C13H9Cl2NO. The maximum atomic E-state index is 11.9. The summed E-state index contributed by atoms with van der Waals surface area (Å²) >= 11 is 11.8. The van der Waals surface area contributed by atoms with Crippen LogP contribution < -0.4 is 0 Å². The smallest absolute Gasteiger partial charge is 0.236 e. The fraction of sp³-hybridized carbons (Fsp3) is 0. The van der Waals surface area contributed by atoms with E-state index in [1.807, 2.05) is 30.3 Å². The highest BCUT2D eigenvalue weighted by Crippen LogP contribution is 2.30. The first-order valence-electron chi connectivity index (χ1n) is 4.99. The van der Waals surface area contributed by atoms with Gasteiger partial charge >= 0.3 is 0 Å². The first-order chi connectivity index (χ1) is 8.18. The maximum absolute atomic E-state index is 11.9. The van der Waals surface area contributed by atoms with Crippen LogP contribution in [0.2, 0.25) is 10.0 Å². The van der Waals surface area contributed by atoms with Crippen molar-refractivity contribution in [3.8, 4) is 0 Å². The molecule has 0 aliphatic rings. The summed E-state index contributed by atoms with van der Waals surface area (Å²) in [5, 5.41) is 12.5. The van der Waals surface area contributed by atoms with E-state index in [2.05, 4.69) is 0 Å². The third kappa shape index (κ3) is 2.78. The van der Waals surface area contributed by atoms with E-state index < -0.39 is 0 Å². The zero-order valence-electron chi connectivity index (χ0n) is 8.81. The minimum atomic E-state index is 0.261. The van der Waals surface area contributed by atoms with Crippen LogP contribution in [0.1, 0.15) is 5.56 Å². The van der Waals surface area contributed by atoms with Crippen LogP contribution in [0.15, 0.2) is 48.5 Å². The van der Waals surface area contributed by atoms with Crippen LogP contribution in [0.4, 0.5) is 5.69 Å². The highest BCUT2D eigenvalue weighted by atomic mass is 35.5. The summed E-state index contributed by atoms with van der Waals surface area (Å²) in [5.74, 6) is 0. The van der Waals surface area contributed by atoms with Gasteiger partial charge in [0.25, 0.3) is 0 Å². The van der Waals surface area contributed by atoms with Crippen LogP contribution in [-0.4, -0.2) is 11.0 Å². The molecule has 0 saturated heterocycles. The number of benzene rings is 2. The quantitative estimate of drug-likeness (QED) is 0.345. The van der Waals surface area contributed by atoms with E-state index in [1.54, 1.807) is 18.2 Å². The molecule has 2 aromatic carbocycles. The molecule has 0 aromatic heterocycles. The van der Waals surface area contributed by atoms with Crippen LogP contribution >= 0.6 is 23.2 Å². The van der Waals surface area contributed by atoms with E-state index in [4.69, 9.17) is 23.2 Å². The predicted octanol–water partition coefficient (Wildman–Crippen LogP) is 4.25. The molecule has 0 spiro atoms. The minimum Gasteiger partial charge on any atom is -0.618 e. The van der Waals surface area contributed by atoms with Gasteiger partial charge in [-0.2, -0.15) is 4.74 Å². The number of nitrogens with zero attached hydrogens (tertiary/aromatic N) is 1. The summed E-state index contributed by atoms with van der Waals surface area (Å²) in [6, 6.07) is 14.2. The summed E-state index contributed by atoms with van der Waals surface area (Å²) < 4.78 is 0.712. The van der Waals surface area contributed by atoms with E-state index in [-0.39, 0.29) is 5.02 Å². The van der Waals surface area contributed by atoms with E-state index in [0.717, 1.165) is 5.56 Å². The molecule has 2 aromatic rings. The summed E-state index contributed by atoms with van der Waals surface area (Å²) in [6.07, 6.45) is 1.46. The molecule has 4 heteroatoms. The Bertz CT molecular complexity index is 553. The standard InChI is InChI=1S/C13H9Cl2NO/c14-11-7-4-8-12(13(11)15)16(17)9-10-5-2-1-3-6-10/h1-9H. The van der Waals surface area contributed by atoms with Gasteiger partial charge in [0.05, 0.1) is 5.02 Å². The first kappa shape index (κ1) is 12.0. The summed E-state index contributed by atoms with van der Waals surface area (Å²) in [6.45, 7) is 0. The van der Waals surface area contributed by atoms with Gasteiger partial charge in [-0.15, -0.1) is 0 Å². The molecule has 0 fully saturated rings. The Balaban J connectivity index is 2.41. The van der Waals surface area contributed by atoms with Gasteiger partial charge in [-0.1, -0.05) is 47.5 Å². The SMILES string of the molecule is [O-][N+](=Cc1ccccc1)c1cccc(Cl)c1Cl. The van der Waals surface area contributed by atoms with Gasteiger partial charge < -0.3 is 5.21 Å². The van der Waals surface area contributed by atoms with Crippen molar-refractivity contribution in [3.63, 3.8) is 0 Å². The molecule has 17 heavy (non-hydrogen) atoms. The third-order valence-electron chi connectivity index (χ3n) is 2.23. The van der Waals surface area contributed by atoms with Crippen LogP contribution in [0.5, 0.6) is 0 Å². The fourth-order valence-electron chi connectivity index (χ4n) is 1.41. The molecule has 0 heterocycles. The topological polar surface area (TPSA) is 26.1 Å². The average Bonchev–Trinajstić information content (AvgIpc) is 2.34. The van der Waals surface area contributed by atoms with Crippen molar-refractivity contribution in [2.24, 2.45) is 0 Å². The molecule has 0 amide bonds. The second-order valence-corrected chi connectivity index (χ2v) is 4.22. The zero-order chi connectivity index (χ0) is 12.3. The highest BCUT2D eigenvalue weighted by Gasteiger charge is 2.11. The highest BCUT2D eigenvalue weighted by molar-refractivity contribution is 6.43. The Hall–Kier alpha value is -1.51. The van der Waals surface area contributed by atoms with Gasteiger partial charge in [-0.05, 0) is 18.2 Å². The molecule has 0 aliphatic heterocycles. The van der Waals surface area contributed by atoms with Crippen LogP contribution in [0.25, 0.3) is 0 Å². The number of hydrogen-bond acceptors (Lipinski definition) is 1. The molecule has 0 bridgehead atoms. The molecule has 0 N–H and O–H groups in total. The van der Waals surface area contributed by atoms with Gasteiger partial charge in [0, 0.05) is 11.6 Å². The summed E-state index contributed by atoms with van der Waals surface area (Å²) in [7, 11) is 0. The van der Waals surface area contributed by atoms with Gasteiger partial charge in [0.2, 0.25) is 5.69 Å². The molecule has 0 radical (unpaired) electrons. The molecule has 2 rings (SSSR count). The number of hydrogen-bond donors (Lipinski definition) is 0. The minimum absolute atomic E-state index is 0.261. The molecule has 0 unspecified atom stereocenters. The normalized spacial score (nSPS) is 11.5. The van der Waals surface area contributed by atoms with Crippen molar-refractivity contribution in [3.05, 3.63) is 69.3 Å². The van der Waals surface area contributed by atoms with Crippen LogP contribution in [0.3, 0.4) is 0 Å². The summed E-state index contributed by atoms with van der Waals surface area (Å²) in [4.78, 5) is 0. The van der Waals surface area contributed by atoms with Crippen molar-refractivity contribution in [2.75, 3.05) is 0 Å². The molecule has 0 atom stereocenters. The lowest BCUT2D eigenvalue weighted by Gasteiger charge is -2.05. The Morgan fingerprint density at radius 2 is 1.65 bits per heavy atom.